The summed E-state index contributed by atoms with van der Waals surface area (Å²) in [4.78, 5) is 10.0. The van der Waals surface area contributed by atoms with Gasteiger partial charge in [0, 0.05) is 6.61 Å². The number of likely N-dealkylation sites (N-methyl/N-ethyl adjacent to an activating group) is 1. The molecule has 0 radical (unpaired) electrons. The van der Waals surface area contributed by atoms with Crippen LogP contribution in [0.5, 0.6) is 0 Å². The normalized spacial score (nSPS) is 15.0. The highest BCUT2D eigenvalue weighted by atomic mass is 31.2. The van der Waals surface area contributed by atoms with Gasteiger partial charge in [-0.1, -0.05) is 89.0 Å². The van der Waals surface area contributed by atoms with Gasteiger partial charge in [-0.15, -0.1) is 0 Å². The Morgan fingerprint density at radius 1 is 0.659 bits per heavy atom. The zero-order chi connectivity index (χ0) is 33.0. The molecule has 8 heteroatoms. The fourth-order valence-electron chi connectivity index (χ4n) is 4.69. The van der Waals surface area contributed by atoms with Gasteiger partial charge in [-0.25, -0.2) is 4.57 Å². The summed E-state index contributed by atoms with van der Waals surface area (Å²) < 4.78 is 35.1. The maximum Gasteiger partial charge on any atom is 0.472 e. The summed E-state index contributed by atoms with van der Waals surface area (Å²) in [5, 5.41) is 0. The second-order valence-electron chi connectivity index (χ2n) is 14.2. The fourth-order valence-corrected chi connectivity index (χ4v) is 5.43. The molecule has 0 aromatic carbocycles. The minimum atomic E-state index is -4.14. The molecule has 0 heterocycles. The third-order valence-electron chi connectivity index (χ3n) is 7.22. The molecule has 0 rings (SSSR count). The van der Waals surface area contributed by atoms with Gasteiger partial charge in [0.2, 0.25) is 0 Å². The molecule has 1 unspecified atom stereocenters. The second kappa shape index (κ2) is 27.6. The number of nitrogens with zero attached hydrogens (tertiary/aromatic N) is 1. The first kappa shape index (κ1) is 43.5. The van der Waals surface area contributed by atoms with Crippen molar-refractivity contribution in [2.45, 2.75) is 155 Å². The Kier molecular flexibility index (Phi) is 27.2. The van der Waals surface area contributed by atoms with Crippen LogP contribution in [0.25, 0.3) is 0 Å². The highest BCUT2D eigenvalue weighted by Gasteiger charge is 2.27. The second-order valence-corrected chi connectivity index (χ2v) is 15.7. The predicted octanol–water partition coefficient (Wildman–Crippen LogP) is 10.2. The van der Waals surface area contributed by atoms with Crippen LogP contribution >= 0.6 is 7.82 Å². The Bertz CT molecular complexity index is 744. The van der Waals surface area contributed by atoms with Crippen molar-refractivity contribution in [1.82, 2.24) is 0 Å². The van der Waals surface area contributed by atoms with Gasteiger partial charge in [0.05, 0.1) is 40.0 Å². The van der Waals surface area contributed by atoms with Crippen LogP contribution in [-0.4, -0.2) is 75.2 Å². The zero-order valence-corrected chi connectivity index (χ0v) is 30.9. The van der Waals surface area contributed by atoms with E-state index in [0.717, 1.165) is 25.7 Å². The van der Waals surface area contributed by atoms with Crippen molar-refractivity contribution in [2.75, 3.05) is 54.1 Å². The summed E-state index contributed by atoms with van der Waals surface area (Å²) in [6.45, 7) is 9.75. The van der Waals surface area contributed by atoms with Crippen molar-refractivity contribution >= 4 is 7.82 Å². The summed E-state index contributed by atoms with van der Waals surface area (Å²) in [5.74, 6) is 0. The van der Waals surface area contributed by atoms with E-state index in [0.29, 0.717) is 24.2 Å². The number of hydrogen-bond acceptors (Lipinski definition) is 5. The van der Waals surface area contributed by atoms with Crippen molar-refractivity contribution in [3.63, 3.8) is 0 Å². The minimum Gasteiger partial charge on any atom is -0.379 e. The number of phosphoric acid groups is 1. The van der Waals surface area contributed by atoms with Gasteiger partial charge in [0.15, 0.2) is 0 Å². The molecule has 0 amide bonds. The maximum atomic E-state index is 12.3. The molecule has 44 heavy (non-hydrogen) atoms. The molecular weight excluding hydrogens is 573 g/mol. The fraction of sp³-hybridized carbons (Fsp3) is 0.889. The van der Waals surface area contributed by atoms with E-state index in [1.165, 1.54) is 89.9 Å². The minimum absolute atomic E-state index is 0.0580. The van der Waals surface area contributed by atoms with Gasteiger partial charge in [-0.05, 0) is 78.6 Å². The molecule has 0 saturated carbocycles. The van der Waals surface area contributed by atoms with Gasteiger partial charge < -0.3 is 18.9 Å². The van der Waals surface area contributed by atoms with Crippen LogP contribution in [-0.2, 0) is 23.1 Å². The molecule has 0 fully saturated rings. The van der Waals surface area contributed by atoms with Crippen LogP contribution in [0.3, 0.4) is 0 Å². The largest absolute Gasteiger partial charge is 0.472 e. The van der Waals surface area contributed by atoms with E-state index >= 15 is 0 Å². The van der Waals surface area contributed by atoms with Gasteiger partial charge in [0.1, 0.15) is 19.3 Å². The summed E-state index contributed by atoms with van der Waals surface area (Å²) in [6, 6.07) is 0. The van der Waals surface area contributed by atoms with Crippen molar-refractivity contribution < 1.29 is 32.5 Å². The predicted molar refractivity (Wildman–Crippen MR) is 187 cm³/mol. The van der Waals surface area contributed by atoms with Crippen LogP contribution in [0.1, 0.15) is 143 Å². The molecular formula is C36H73NO6P+. The molecule has 262 valence electrons. The highest BCUT2D eigenvalue weighted by molar-refractivity contribution is 7.47. The van der Waals surface area contributed by atoms with E-state index in [9.17, 15) is 9.46 Å². The van der Waals surface area contributed by atoms with E-state index in [4.69, 9.17) is 18.5 Å². The molecule has 0 spiro atoms. The van der Waals surface area contributed by atoms with E-state index in [2.05, 4.69) is 31.2 Å². The molecule has 0 bridgehead atoms. The highest BCUT2D eigenvalue weighted by Crippen LogP contribution is 2.43. The molecule has 0 aliphatic heterocycles. The number of unbranched alkanes of at least 4 members (excludes halogenated alkanes) is 15. The zero-order valence-electron chi connectivity index (χ0n) is 30.0. The molecule has 0 aliphatic carbocycles. The number of ether oxygens (including phenoxy) is 2. The van der Waals surface area contributed by atoms with Crippen LogP contribution in [0.15, 0.2) is 24.3 Å². The van der Waals surface area contributed by atoms with Crippen molar-refractivity contribution in [3.8, 4) is 0 Å². The van der Waals surface area contributed by atoms with Crippen LogP contribution < -0.4 is 0 Å². The van der Waals surface area contributed by atoms with E-state index in [1.54, 1.807) is 0 Å². The third-order valence-corrected chi connectivity index (χ3v) is 8.21. The SMILES string of the molecule is CCCCC/C=C\CCCCCCCCCC/C=C\CCCCCOC[C@H](COP(=O)(O)OCC[N+](C)(C)C)OC(C)(C)C. The lowest BCUT2D eigenvalue weighted by Crippen LogP contribution is -2.37. The maximum absolute atomic E-state index is 12.3. The van der Waals surface area contributed by atoms with Crippen molar-refractivity contribution in [3.05, 3.63) is 24.3 Å². The Hall–Kier alpha value is -0.530. The van der Waals surface area contributed by atoms with Gasteiger partial charge in [-0.2, -0.15) is 0 Å². The Morgan fingerprint density at radius 2 is 1.11 bits per heavy atom. The Morgan fingerprint density at radius 3 is 1.57 bits per heavy atom. The lowest BCUT2D eigenvalue weighted by Gasteiger charge is -2.28. The summed E-state index contributed by atoms with van der Waals surface area (Å²) >= 11 is 0. The topological polar surface area (TPSA) is 74.2 Å². The average molecular weight is 647 g/mol. The van der Waals surface area contributed by atoms with Gasteiger partial charge >= 0.3 is 7.82 Å². The summed E-state index contributed by atoms with van der Waals surface area (Å²) in [7, 11) is 1.85. The quantitative estimate of drug-likeness (QED) is 0.0350. The molecule has 1 N–H and O–H groups in total. The number of quaternary nitrogens is 1. The first-order valence-electron chi connectivity index (χ1n) is 17.8. The Labute approximate surface area is 273 Å². The third kappa shape index (κ3) is 34.3. The monoisotopic (exact) mass is 647 g/mol. The van der Waals surface area contributed by atoms with E-state index in [-0.39, 0.29) is 13.2 Å². The first-order chi connectivity index (χ1) is 20.8. The first-order valence-corrected chi connectivity index (χ1v) is 19.3. The molecule has 7 nitrogen and oxygen atoms in total. The van der Waals surface area contributed by atoms with Gasteiger partial charge in [-0.3, -0.25) is 9.05 Å². The van der Waals surface area contributed by atoms with E-state index in [1.807, 2.05) is 41.9 Å². The lowest BCUT2D eigenvalue weighted by atomic mass is 10.1. The molecule has 0 aliphatic rings. The van der Waals surface area contributed by atoms with Crippen molar-refractivity contribution in [1.29, 1.82) is 0 Å². The smallest absolute Gasteiger partial charge is 0.379 e. The number of rotatable bonds is 31. The Balaban J connectivity index is 3.75. The van der Waals surface area contributed by atoms with Crippen molar-refractivity contribution in [2.24, 2.45) is 0 Å². The number of allylic oxidation sites excluding steroid dienone is 4. The summed E-state index contributed by atoms with van der Waals surface area (Å²) in [5.41, 5.74) is -0.418. The summed E-state index contributed by atoms with van der Waals surface area (Å²) in [6.07, 6.45) is 32.1. The van der Waals surface area contributed by atoms with Gasteiger partial charge in [0.25, 0.3) is 0 Å². The number of phosphoric ester groups is 1. The molecule has 0 aromatic rings. The van der Waals surface area contributed by atoms with Crippen LogP contribution in [0.4, 0.5) is 0 Å². The van der Waals surface area contributed by atoms with Crippen LogP contribution in [0, 0.1) is 0 Å². The standard InChI is InChI=1S/C36H72NO6P/c1-8-9-10-11-12-13-14-15-16-17-18-19-20-21-22-23-24-25-26-27-28-29-31-40-33-35(43-36(2,3)4)34-42-44(38,39)41-32-30-37(5,6)7/h12-13,24-25,35H,8-11,14-23,26-34H2,1-7H3/p+1/b13-12-,25-24-/t35-/m1/s1. The number of hydrogen-bond donors (Lipinski definition) is 1. The van der Waals surface area contributed by atoms with Crippen LogP contribution in [0.2, 0.25) is 0 Å². The molecule has 0 saturated heterocycles. The van der Waals surface area contributed by atoms with E-state index < -0.39 is 19.5 Å². The average Bonchev–Trinajstić information content (AvgIpc) is 2.92. The molecule has 2 atom stereocenters. The lowest BCUT2D eigenvalue weighted by molar-refractivity contribution is -0.870. The molecule has 0 aromatic heterocycles.